The summed E-state index contributed by atoms with van der Waals surface area (Å²) < 4.78 is 0. The maximum absolute atomic E-state index is 8.63. The highest BCUT2D eigenvalue weighted by atomic mass is 16.2. The predicted molar refractivity (Wildman–Crippen MR) is 63.7 cm³/mol. The summed E-state index contributed by atoms with van der Waals surface area (Å²) >= 11 is 0. The van der Waals surface area contributed by atoms with Gasteiger partial charge in [0.05, 0.1) is 6.61 Å². The Bertz CT molecular complexity index is 374. The highest BCUT2D eigenvalue weighted by molar-refractivity contribution is 5.39. The second-order valence-corrected chi connectivity index (χ2v) is 4.61. The molecule has 80 valence electrons. The van der Waals surface area contributed by atoms with E-state index in [1.807, 2.05) is 12.1 Å². The largest absolute Gasteiger partial charge is 0.395 e. The minimum atomic E-state index is 0.131. The molecule has 0 atom stereocenters. The molecule has 1 rings (SSSR count). The topological polar surface area (TPSA) is 20.2 Å². The summed E-state index contributed by atoms with van der Waals surface area (Å²) in [4.78, 5) is 0. The van der Waals surface area contributed by atoms with Gasteiger partial charge in [0, 0.05) is 12.0 Å². The number of benzene rings is 1. The first-order valence-electron chi connectivity index (χ1n) is 5.24. The minimum Gasteiger partial charge on any atom is -0.395 e. The van der Waals surface area contributed by atoms with Crippen LogP contribution in [0.5, 0.6) is 0 Å². The molecular weight excluding hydrogens is 184 g/mol. The second kappa shape index (κ2) is 5.00. The Balaban J connectivity index is 2.90. The molecule has 1 heteroatoms. The van der Waals surface area contributed by atoms with Gasteiger partial charge in [-0.2, -0.15) is 0 Å². The minimum absolute atomic E-state index is 0.131. The van der Waals surface area contributed by atoms with Gasteiger partial charge in [-0.15, -0.1) is 0 Å². The lowest BCUT2D eigenvalue weighted by Crippen LogP contribution is -2.10. The molecular formula is C14H18O. The quantitative estimate of drug-likeness (QED) is 0.694. The third kappa shape index (κ3) is 3.77. The summed E-state index contributed by atoms with van der Waals surface area (Å²) in [6.45, 7) is 6.69. The third-order valence-electron chi connectivity index (χ3n) is 2.20. The zero-order chi connectivity index (χ0) is 11.3. The SMILES string of the molecule is CC(C)(C)c1cccc(C#CCCO)c1. The van der Waals surface area contributed by atoms with Crippen LogP contribution in [0.4, 0.5) is 0 Å². The maximum atomic E-state index is 8.63. The van der Waals surface area contributed by atoms with Gasteiger partial charge in [-0.1, -0.05) is 44.7 Å². The van der Waals surface area contributed by atoms with Gasteiger partial charge >= 0.3 is 0 Å². The fourth-order valence-corrected chi connectivity index (χ4v) is 1.28. The molecule has 1 nitrogen and oxygen atoms in total. The van der Waals surface area contributed by atoms with E-state index in [0.29, 0.717) is 6.42 Å². The van der Waals surface area contributed by atoms with Crippen molar-refractivity contribution in [2.75, 3.05) is 6.61 Å². The Labute approximate surface area is 92.1 Å². The molecule has 1 aromatic rings. The molecule has 0 aliphatic carbocycles. The smallest absolute Gasteiger partial charge is 0.0540 e. The number of hydrogen-bond donors (Lipinski definition) is 1. The lowest BCUT2D eigenvalue weighted by molar-refractivity contribution is 0.305. The van der Waals surface area contributed by atoms with E-state index in [9.17, 15) is 0 Å². The van der Waals surface area contributed by atoms with E-state index in [-0.39, 0.29) is 12.0 Å². The molecule has 0 aromatic heterocycles. The Morgan fingerprint density at radius 3 is 2.60 bits per heavy atom. The monoisotopic (exact) mass is 202 g/mol. The van der Waals surface area contributed by atoms with E-state index >= 15 is 0 Å². The highest BCUT2D eigenvalue weighted by Crippen LogP contribution is 2.22. The van der Waals surface area contributed by atoms with Crippen LogP contribution in [0.25, 0.3) is 0 Å². The molecule has 0 amide bonds. The zero-order valence-corrected chi connectivity index (χ0v) is 9.67. The summed E-state index contributed by atoms with van der Waals surface area (Å²) in [6.07, 6.45) is 0.541. The van der Waals surface area contributed by atoms with Gasteiger partial charge in [0.2, 0.25) is 0 Å². The van der Waals surface area contributed by atoms with Crippen LogP contribution in [0.1, 0.15) is 38.3 Å². The Hall–Kier alpha value is -1.26. The molecule has 0 radical (unpaired) electrons. The van der Waals surface area contributed by atoms with Crippen LogP contribution in [0, 0.1) is 11.8 Å². The molecule has 0 bridgehead atoms. The number of rotatable bonds is 1. The van der Waals surface area contributed by atoms with Crippen LogP contribution < -0.4 is 0 Å². The molecule has 0 saturated heterocycles. The molecule has 0 unspecified atom stereocenters. The lowest BCUT2D eigenvalue weighted by Gasteiger charge is -2.18. The van der Waals surface area contributed by atoms with Crippen LogP contribution in [-0.2, 0) is 5.41 Å². The molecule has 0 saturated carbocycles. The summed E-state index contributed by atoms with van der Waals surface area (Å²) in [5, 5.41) is 8.63. The summed E-state index contributed by atoms with van der Waals surface area (Å²) in [5.74, 6) is 5.98. The average Bonchev–Trinajstić information content (AvgIpc) is 2.17. The number of hydrogen-bond acceptors (Lipinski definition) is 1. The Kier molecular flexibility index (Phi) is 3.94. The predicted octanol–water partition coefficient (Wildman–Crippen LogP) is 2.72. The average molecular weight is 202 g/mol. The first kappa shape index (κ1) is 11.8. The summed E-state index contributed by atoms with van der Waals surface area (Å²) in [7, 11) is 0. The molecule has 0 heterocycles. The lowest BCUT2D eigenvalue weighted by atomic mass is 9.86. The molecule has 0 aliphatic heterocycles. The van der Waals surface area contributed by atoms with Gasteiger partial charge in [0.15, 0.2) is 0 Å². The molecule has 0 spiro atoms. The molecule has 15 heavy (non-hydrogen) atoms. The van der Waals surface area contributed by atoms with Gasteiger partial charge < -0.3 is 5.11 Å². The van der Waals surface area contributed by atoms with Crippen molar-refractivity contribution < 1.29 is 5.11 Å². The van der Waals surface area contributed by atoms with E-state index in [1.54, 1.807) is 0 Å². The van der Waals surface area contributed by atoms with Crippen LogP contribution >= 0.6 is 0 Å². The van der Waals surface area contributed by atoms with Crippen molar-refractivity contribution in [3.63, 3.8) is 0 Å². The van der Waals surface area contributed by atoms with Crippen molar-refractivity contribution in [3.8, 4) is 11.8 Å². The van der Waals surface area contributed by atoms with Crippen LogP contribution in [0.2, 0.25) is 0 Å². The fraction of sp³-hybridized carbons (Fsp3) is 0.429. The Morgan fingerprint density at radius 2 is 2.00 bits per heavy atom. The van der Waals surface area contributed by atoms with E-state index < -0.39 is 0 Å². The van der Waals surface area contributed by atoms with Gasteiger partial charge in [-0.25, -0.2) is 0 Å². The van der Waals surface area contributed by atoms with Crippen LogP contribution in [0.3, 0.4) is 0 Å². The third-order valence-corrected chi connectivity index (χ3v) is 2.20. The summed E-state index contributed by atoms with van der Waals surface area (Å²) in [6, 6.07) is 8.27. The maximum Gasteiger partial charge on any atom is 0.0540 e. The van der Waals surface area contributed by atoms with Gasteiger partial charge in [0.25, 0.3) is 0 Å². The first-order chi connectivity index (χ1) is 7.04. The normalized spacial score (nSPS) is 10.7. The molecule has 1 N–H and O–H groups in total. The zero-order valence-electron chi connectivity index (χ0n) is 9.67. The van der Waals surface area contributed by atoms with Gasteiger partial charge in [-0.3, -0.25) is 0 Å². The van der Waals surface area contributed by atoms with E-state index in [2.05, 4.69) is 44.7 Å². The molecule has 0 fully saturated rings. The van der Waals surface area contributed by atoms with Gasteiger partial charge in [-0.05, 0) is 23.1 Å². The van der Waals surface area contributed by atoms with E-state index in [4.69, 9.17) is 5.11 Å². The van der Waals surface area contributed by atoms with Crippen LogP contribution in [0.15, 0.2) is 24.3 Å². The van der Waals surface area contributed by atoms with Crippen molar-refractivity contribution in [2.24, 2.45) is 0 Å². The van der Waals surface area contributed by atoms with Crippen LogP contribution in [-0.4, -0.2) is 11.7 Å². The number of aliphatic hydroxyl groups excluding tert-OH is 1. The highest BCUT2D eigenvalue weighted by Gasteiger charge is 2.12. The second-order valence-electron chi connectivity index (χ2n) is 4.61. The van der Waals surface area contributed by atoms with E-state index in [1.165, 1.54) is 5.56 Å². The first-order valence-corrected chi connectivity index (χ1v) is 5.24. The van der Waals surface area contributed by atoms with E-state index in [0.717, 1.165) is 5.56 Å². The van der Waals surface area contributed by atoms with Crippen molar-refractivity contribution >= 4 is 0 Å². The Morgan fingerprint density at radius 1 is 1.27 bits per heavy atom. The summed E-state index contributed by atoms with van der Waals surface area (Å²) in [5.41, 5.74) is 2.48. The van der Waals surface area contributed by atoms with Crippen molar-refractivity contribution in [3.05, 3.63) is 35.4 Å². The standard InChI is InChI=1S/C14H18O/c1-14(2,3)13-9-6-8-12(11-13)7-4-5-10-15/h6,8-9,11,15H,5,10H2,1-3H3. The van der Waals surface area contributed by atoms with Crippen molar-refractivity contribution in [1.29, 1.82) is 0 Å². The molecule has 1 aromatic carbocycles. The van der Waals surface area contributed by atoms with Crippen molar-refractivity contribution in [1.82, 2.24) is 0 Å². The number of aliphatic hydroxyl groups is 1. The van der Waals surface area contributed by atoms with Gasteiger partial charge in [0.1, 0.15) is 0 Å². The molecule has 0 aliphatic rings. The van der Waals surface area contributed by atoms with Crippen molar-refractivity contribution in [2.45, 2.75) is 32.6 Å². The fourth-order valence-electron chi connectivity index (χ4n) is 1.28.